The van der Waals surface area contributed by atoms with E-state index in [-0.39, 0.29) is 5.83 Å². The van der Waals surface area contributed by atoms with Gasteiger partial charge in [-0.05, 0) is 72.1 Å². The molecule has 120 valence electrons. The molecule has 0 amide bonds. The van der Waals surface area contributed by atoms with Crippen LogP contribution in [-0.2, 0) is 0 Å². The molecule has 2 heteroatoms. The highest BCUT2D eigenvalue weighted by Crippen LogP contribution is 2.36. The van der Waals surface area contributed by atoms with Crippen molar-refractivity contribution in [3.63, 3.8) is 0 Å². The fourth-order valence-corrected chi connectivity index (χ4v) is 3.20. The van der Waals surface area contributed by atoms with Gasteiger partial charge in [-0.25, -0.2) is 4.39 Å². The third-order valence-electron chi connectivity index (χ3n) is 4.76. The topological polar surface area (TPSA) is 9.23 Å². The molecule has 1 atom stereocenters. The van der Waals surface area contributed by atoms with E-state index in [1.54, 1.807) is 13.2 Å². The van der Waals surface area contributed by atoms with E-state index in [0.29, 0.717) is 5.92 Å². The van der Waals surface area contributed by atoms with Gasteiger partial charge in [0.25, 0.3) is 0 Å². The van der Waals surface area contributed by atoms with Crippen LogP contribution in [0.5, 0.6) is 5.75 Å². The van der Waals surface area contributed by atoms with E-state index in [1.807, 2.05) is 24.3 Å². The van der Waals surface area contributed by atoms with Gasteiger partial charge in [0.1, 0.15) is 11.6 Å². The van der Waals surface area contributed by atoms with Crippen LogP contribution in [0.25, 0.3) is 5.57 Å². The minimum Gasteiger partial charge on any atom is -0.497 e. The maximum Gasteiger partial charge on any atom is 0.127 e. The lowest BCUT2D eigenvalue weighted by Gasteiger charge is -2.20. The molecule has 1 aromatic rings. The molecule has 0 heterocycles. The van der Waals surface area contributed by atoms with Gasteiger partial charge in [0.05, 0.1) is 7.11 Å². The summed E-state index contributed by atoms with van der Waals surface area (Å²) in [6.07, 6.45) is 12.3. The molecule has 2 aliphatic rings. The highest BCUT2D eigenvalue weighted by molar-refractivity contribution is 5.72. The zero-order valence-electron chi connectivity index (χ0n) is 13.8. The molecule has 1 unspecified atom stereocenters. The van der Waals surface area contributed by atoms with E-state index in [9.17, 15) is 4.39 Å². The normalized spacial score (nSPS) is 21.1. The van der Waals surface area contributed by atoms with Crippen molar-refractivity contribution in [2.75, 3.05) is 7.11 Å². The summed E-state index contributed by atoms with van der Waals surface area (Å²) in [5.74, 6) is 1.33. The van der Waals surface area contributed by atoms with Crippen molar-refractivity contribution in [1.29, 1.82) is 0 Å². The Labute approximate surface area is 137 Å². The number of allylic oxidation sites excluding steroid dienone is 8. The summed E-state index contributed by atoms with van der Waals surface area (Å²) in [7, 11) is 1.64. The molecule has 2 aliphatic carbocycles. The van der Waals surface area contributed by atoms with E-state index >= 15 is 0 Å². The first kappa shape index (κ1) is 15.8. The largest absolute Gasteiger partial charge is 0.497 e. The second-order valence-corrected chi connectivity index (χ2v) is 6.15. The summed E-state index contributed by atoms with van der Waals surface area (Å²) < 4.78 is 19.7. The highest BCUT2D eigenvalue weighted by Gasteiger charge is 2.18. The van der Waals surface area contributed by atoms with Gasteiger partial charge in [-0.1, -0.05) is 37.3 Å². The summed E-state index contributed by atoms with van der Waals surface area (Å²) in [5.41, 5.74) is 4.05. The number of halogens is 1. The number of hydrogen-bond acceptors (Lipinski definition) is 1. The van der Waals surface area contributed by atoms with Gasteiger partial charge in [-0.15, -0.1) is 0 Å². The fraction of sp³-hybridized carbons (Fsp3) is 0.333. The van der Waals surface area contributed by atoms with Crippen molar-refractivity contribution in [3.8, 4) is 5.75 Å². The number of methoxy groups -OCH3 is 1. The molecule has 0 aromatic heterocycles. The van der Waals surface area contributed by atoms with Gasteiger partial charge in [0.15, 0.2) is 0 Å². The molecular formula is C21H23FO. The molecule has 0 spiro atoms. The first-order valence-electron chi connectivity index (χ1n) is 8.33. The maximum absolute atomic E-state index is 14.6. The van der Waals surface area contributed by atoms with Crippen LogP contribution in [-0.4, -0.2) is 7.11 Å². The zero-order valence-corrected chi connectivity index (χ0v) is 13.8. The summed E-state index contributed by atoms with van der Waals surface area (Å²) in [6.45, 7) is 2.21. The van der Waals surface area contributed by atoms with Crippen LogP contribution in [0.3, 0.4) is 0 Å². The number of ether oxygens (including phenoxy) is 1. The van der Waals surface area contributed by atoms with Gasteiger partial charge in [-0.3, -0.25) is 0 Å². The Balaban J connectivity index is 1.82. The van der Waals surface area contributed by atoms with Gasteiger partial charge in [0.2, 0.25) is 0 Å². The lowest BCUT2D eigenvalue weighted by atomic mass is 9.85. The minimum absolute atomic E-state index is 0.108. The van der Waals surface area contributed by atoms with Crippen molar-refractivity contribution in [2.24, 2.45) is 5.92 Å². The summed E-state index contributed by atoms with van der Waals surface area (Å²) in [4.78, 5) is 0. The molecule has 0 fully saturated rings. The second kappa shape index (κ2) is 6.99. The minimum atomic E-state index is -0.108. The van der Waals surface area contributed by atoms with Crippen LogP contribution in [0.15, 0.2) is 65.5 Å². The molecule has 0 saturated carbocycles. The molecule has 0 N–H and O–H groups in total. The Morgan fingerprint density at radius 1 is 1.17 bits per heavy atom. The molecule has 0 saturated heterocycles. The van der Waals surface area contributed by atoms with Crippen molar-refractivity contribution in [1.82, 2.24) is 0 Å². The molecule has 1 nitrogen and oxygen atoms in total. The summed E-state index contributed by atoms with van der Waals surface area (Å²) in [5, 5.41) is 0. The average Bonchev–Trinajstić information content (AvgIpc) is 2.62. The van der Waals surface area contributed by atoms with Crippen molar-refractivity contribution < 1.29 is 9.13 Å². The fourth-order valence-electron chi connectivity index (χ4n) is 3.20. The smallest absolute Gasteiger partial charge is 0.127 e. The molecule has 3 rings (SSSR count). The Morgan fingerprint density at radius 3 is 2.52 bits per heavy atom. The lowest BCUT2D eigenvalue weighted by molar-refractivity contribution is 0.415. The van der Waals surface area contributed by atoms with Crippen LogP contribution in [0.2, 0.25) is 0 Å². The Kier molecular flexibility index (Phi) is 4.80. The maximum atomic E-state index is 14.6. The second-order valence-electron chi connectivity index (χ2n) is 6.15. The first-order valence-corrected chi connectivity index (χ1v) is 8.33. The summed E-state index contributed by atoms with van der Waals surface area (Å²) >= 11 is 0. The van der Waals surface area contributed by atoms with Crippen LogP contribution in [0.1, 0.15) is 38.2 Å². The van der Waals surface area contributed by atoms with E-state index in [1.165, 1.54) is 5.57 Å². The van der Waals surface area contributed by atoms with E-state index in [0.717, 1.165) is 48.1 Å². The standard InChI is InChI=1S/C21H23FO/c1-3-15-4-6-16(7-5-15)18-10-13-20(21(22)14-18)17-8-11-19(23-2)12-9-17/h4,6-9,11-12,14-15H,3,5,10,13H2,1-2H3. The van der Waals surface area contributed by atoms with Crippen molar-refractivity contribution in [3.05, 3.63) is 71.1 Å². The lowest BCUT2D eigenvalue weighted by Crippen LogP contribution is -2.03. The quantitative estimate of drug-likeness (QED) is 0.662. The molecular weight excluding hydrogens is 287 g/mol. The highest BCUT2D eigenvalue weighted by atomic mass is 19.1. The third-order valence-corrected chi connectivity index (χ3v) is 4.76. The van der Waals surface area contributed by atoms with E-state index in [4.69, 9.17) is 4.74 Å². The van der Waals surface area contributed by atoms with Crippen LogP contribution < -0.4 is 4.74 Å². The molecule has 23 heavy (non-hydrogen) atoms. The number of hydrogen-bond donors (Lipinski definition) is 0. The molecule has 0 bridgehead atoms. The van der Waals surface area contributed by atoms with Gasteiger partial charge in [0, 0.05) is 0 Å². The van der Waals surface area contributed by atoms with Gasteiger partial charge >= 0.3 is 0 Å². The molecule has 0 radical (unpaired) electrons. The zero-order chi connectivity index (χ0) is 16.2. The van der Waals surface area contributed by atoms with Gasteiger partial charge in [-0.2, -0.15) is 0 Å². The predicted molar refractivity (Wildman–Crippen MR) is 94.0 cm³/mol. The van der Waals surface area contributed by atoms with E-state index in [2.05, 4.69) is 25.2 Å². The third kappa shape index (κ3) is 3.47. The van der Waals surface area contributed by atoms with Crippen LogP contribution in [0.4, 0.5) is 4.39 Å². The Bertz CT molecular complexity index is 689. The van der Waals surface area contributed by atoms with Crippen LogP contribution in [0, 0.1) is 5.92 Å². The van der Waals surface area contributed by atoms with Crippen molar-refractivity contribution >= 4 is 5.57 Å². The summed E-state index contributed by atoms with van der Waals surface area (Å²) in [6, 6.07) is 7.62. The van der Waals surface area contributed by atoms with Gasteiger partial charge < -0.3 is 4.74 Å². The molecule has 1 aromatic carbocycles. The van der Waals surface area contributed by atoms with E-state index < -0.39 is 0 Å². The number of rotatable bonds is 4. The number of benzene rings is 1. The van der Waals surface area contributed by atoms with Crippen molar-refractivity contribution in [2.45, 2.75) is 32.6 Å². The SMILES string of the molecule is CCC1C=CC(C2=CC(F)=C(c3ccc(OC)cc3)CC2)=CC1. The predicted octanol–water partition coefficient (Wildman–Crippen LogP) is 6.01. The Hall–Kier alpha value is -2.09. The molecule has 0 aliphatic heterocycles. The monoisotopic (exact) mass is 310 g/mol. The first-order chi connectivity index (χ1) is 11.2. The van der Waals surface area contributed by atoms with Crippen LogP contribution >= 0.6 is 0 Å². The average molecular weight is 310 g/mol. The Morgan fingerprint density at radius 2 is 1.96 bits per heavy atom.